The molecular weight excluding hydrogens is 244 g/mol. The lowest BCUT2D eigenvalue weighted by molar-refractivity contribution is 0.364. The molecule has 1 aliphatic heterocycles. The van der Waals surface area contributed by atoms with Gasteiger partial charge in [0, 0.05) is 19.4 Å². The van der Waals surface area contributed by atoms with Crippen LogP contribution in [0.3, 0.4) is 0 Å². The van der Waals surface area contributed by atoms with Gasteiger partial charge >= 0.3 is 0 Å². The summed E-state index contributed by atoms with van der Waals surface area (Å²) in [6.45, 7) is 9.12. The predicted octanol–water partition coefficient (Wildman–Crippen LogP) is 5.73. The molecule has 1 aliphatic rings. The molecular formula is C18H36N2. The van der Waals surface area contributed by atoms with Gasteiger partial charge in [0.2, 0.25) is 0 Å². The molecule has 0 saturated carbocycles. The third kappa shape index (κ3) is 12.1. The molecule has 0 aromatic carbocycles. The van der Waals surface area contributed by atoms with E-state index >= 15 is 0 Å². The Kier molecular flexibility index (Phi) is 13.8. The van der Waals surface area contributed by atoms with Gasteiger partial charge in [-0.3, -0.25) is 0 Å². The summed E-state index contributed by atoms with van der Waals surface area (Å²) in [5, 5.41) is 0. The van der Waals surface area contributed by atoms with E-state index in [4.69, 9.17) is 0 Å². The van der Waals surface area contributed by atoms with Gasteiger partial charge in [-0.1, -0.05) is 84.6 Å². The van der Waals surface area contributed by atoms with Crippen molar-refractivity contribution < 1.29 is 0 Å². The van der Waals surface area contributed by atoms with Crippen molar-refractivity contribution in [1.29, 1.82) is 0 Å². The molecule has 0 bridgehead atoms. The van der Waals surface area contributed by atoms with Crippen LogP contribution >= 0.6 is 0 Å². The summed E-state index contributed by atoms with van der Waals surface area (Å²) < 4.78 is 0. The van der Waals surface area contributed by atoms with Gasteiger partial charge in [0.05, 0.1) is 6.67 Å². The molecule has 0 amide bonds. The van der Waals surface area contributed by atoms with E-state index in [-0.39, 0.29) is 0 Å². The SMILES string of the molecule is C=CN1C=CN(C)C1.CCCCCCCCCCCC. The zero-order valence-electron chi connectivity index (χ0n) is 14.1. The van der Waals surface area contributed by atoms with Gasteiger partial charge in [0.15, 0.2) is 0 Å². The lowest BCUT2D eigenvalue weighted by atomic mass is 10.1. The fourth-order valence-electron chi connectivity index (χ4n) is 2.23. The van der Waals surface area contributed by atoms with Crippen molar-refractivity contribution in [2.45, 2.75) is 78.1 Å². The maximum Gasteiger partial charge on any atom is 0.0932 e. The van der Waals surface area contributed by atoms with Gasteiger partial charge in [0.25, 0.3) is 0 Å². The maximum absolute atomic E-state index is 3.63. The van der Waals surface area contributed by atoms with E-state index in [9.17, 15) is 0 Å². The van der Waals surface area contributed by atoms with E-state index in [2.05, 4.69) is 25.3 Å². The second-order valence-electron chi connectivity index (χ2n) is 5.72. The summed E-state index contributed by atoms with van der Waals surface area (Å²) >= 11 is 0. The molecule has 0 unspecified atom stereocenters. The quantitative estimate of drug-likeness (QED) is 0.471. The van der Waals surface area contributed by atoms with E-state index in [1.54, 1.807) is 6.20 Å². The first-order valence-electron chi connectivity index (χ1n) is 8.51. The normalized spacial score (nSPS) is 13.3. The number of rotatable bonds is 10. The van der Waals surface area contributed by atoms with Gasteiger partial charge in [-0.05, 0) is 6.20 Å². The standard InChI is InChI=1S/C12H26.C6H10N2/c1-3-5-7-9-11-12-10-8-6-4-2;1-3-8-5-4-7(2)6-8/h3-12H2,1-2H3;3-5H,1,6H2,2H3. The Morgan fingerprint density at radius 3 is 1.55 bits per heavy atom. The predicted molar refractivity (Wildman–Crippen MR) is 91.3 cm³/mol. The summed E-state index contributed by atoms with van der Waals surface area (Å²) in [6, 6.07) is 0. The highest BCUT2D eigenvalue weighted by Gasteiger charge is 2.01. The van der Waals surface area contributed by atoms with Gasteiger partial charge in [-0.2, -0.15) is 0 Å². The number of nitrogens with zero attached hydrogens (tertiary/aromatic N) is 2. The van der Waals surface area contributed by atoms with Crippen LogP contribution in [-0.4, -0.2) is 23.5 Å². The molecule has 0 atom stereocenters. The van der Waals surface area contributed by atoms with Crippen molar-refractivity contribution in [2.24, 2.45) is 0 Å². The summed E-state index contributed by atoms with van der Waals surface area (Å²) in [5.74, 6) is 0. The Hall–Kier alpha value is -0.920. The summed E-state index contributed by atoms with van der Waals surface area (Å²) in [5.41, 5.74) is 0. The average Bonchev–Trinajstić information content (AvgIpc) is 2.88. The molecule has 0 radical (unpaired) electrons. The Labute approximate surface area is 127 Å². The Balaban J connectivity index is 0.000000388. The highest BCUT2D eigenvalue weighted by atomic mass is 15.3. The van der Waals surface area contributed by atoms with Crippen molar-refractivity contribution in [3.8, 4) is 0 Å². The van der Waals surface area contributed by atoms with Crippen LogP contribution in [0.25, 0.3) is 0 Å². The molecule has 0 saturated heterocycles. The third-order valence-corrected chi connectivity index (χ3v) is 3.59. The first-order chi connectivity index (χ1) is 9.74. The van der Waals surface area contributed by atoms with Crippen LogP contribution in [0.5, 0.6) is 0 Å². The molecule has 20 heavy (non-hydrogen) atoms. The fourth-order valence-corrected chi connectivity index (χ4v) is 2.23. The van der Waals surface area contributed by atoms with E-state index < -0.39 is 0 Å². The van der Waals surface area contributed by atoms with Crippen molar-refractivity contribution in [1.82, 2.24) is 9.80 Å². The van der Waals surface area contributed by atoms with Crippen LogP contribution in [0.2, 0.25) is 0 Å². The van der Waals surface area contributed by atoms with Gasteiger partial charge in [-0.25, -0.2) is 0 Å². The average molecular weight is 280 g/mol. The highest BCUT2D eigenvalue weighted by molar-refractivity contribution is 4.93. The molecule has 2 nitrogen and oxygen atoms in total. The van der Waals surface area contributed by atoms with Crippen molar-refractivity contribution >= 4 is 0 Å². The van der Waals surface area contributed by atoms with Crippen molar-refractivity contribution in [2.75, 3.05) is 13.7 Å². The Bertz CT molecular complexity index is 226. The molecule has 0 aliphatic carbocycles. The van der Waals surface area contributed by atoms with Crippen LogP contribution < -0.4 is 0 Å². The van der Waals surface area contributed by atoms with Crippen LogP contribution in [0.15, 0.2) is 25.2 Å². The highest BCUT2D eigenvalue weighted by Crippen LogP contribution is 2.09. The minimum absolute atomic E-state index is 0.934. The molecule has 118 valence electrons. The minimum Gasteiger partial charge on any atom is -0.361 e. The largest absolute Gasteiger partial charge is 0.361 e. The molecule has 0 fully saturated rings. The second kappa shape index (κ2) is 14.5. The maximum atomic E-state index is 3.63. The minimum atomic E-state index is 0.934. The summed E-state index contributed by atoms with van der Waals surface area (Å²) in [6.07, 6.45) is 20.3. The van der Waals surface area contributed by atoms with E-state index in [0.717, 1.165) is 6.67 Å². The van der Waals surface area contributed by atoms with E-state index in [0.29, 0.717) is 0 Å². The van der Waals surface area contributed by atoms with Gasteiger partial charge in [0.1, 0.15) is 0 Å². The number of hydrogen-bond donors (Lipinski definition) is 0. The van der Waals surface area contributed by atoms with Crippen LogP contribution in [0.1, 0.15) is 78.1 Å². The fraction of sp³-hybridized carbons (Fsp3) is 0.778. The second-order valence-corrected chi connectivity index (χ2v) is 5.72. The molecule has 0 aromatic heterocycles. The number of unbranched alkanes of at least 4 members (excludes halogenated alkanes) is 9. The molecule has 0 spiro atoms. The monoisotopic (exact) mass is 280 g/mol. The van der Waals surface area contributed by atoms with Crippen molar-refractivity contribution in [3.63, 3.8) is 0 Å². The van der Waals surface area contributed by atoms with E-state index in [1.165, 1.54) is 64.2 Å². The first-order valence-corrected chi connectivity index (χ1v) is 8.51. The van der Waals surface area contributed by atoms with Crippen molar-refractivity contribution in [3.05, 3.63) is 25.2 Å². The van der Waals surface area contributed by atoms with Gasteiger partial charge < -0.3 is 9.80 Å². The lowest BCUT2D eigenvalue weighted by Crippen LogP contribution is -2.16. The first kappa shape index (κ1) is 19.1. The molecule has 1 rings (SSSR count). The summed E-state index contributed by atoms with van der Waals surface area (Å²) in [7, 11) is 2.03. The van der Waals surface area contributed by atoms with E-state index in [1.807, 2.05) is 24.3 Å². The third-order valence-electron chi connectivity index (χ3n) is 3.59. The lowest BCUT2D eigenvalue weighted by Gasteiger charge is -2.11. The van der Waals surface area contributed by atoms with Gasteiger partial charge in [-0.15, -0.1) is 0 Å². The molecule has 0 N–H and O–H groups in total. The van der Waals surface area contributed by atoms with Crippen LogP contribution in [-0.2, 0) is 0 Å². The smallest absolute Gasteiger partial charge is 0.0932 e. The van der Waals surface area contributed by atoms with Crippen LogP contribution in [0.4, 0.5) is 0 Å². The number of hydrogen-bond acceptors (Lipinski definition) is 2. The zero-order valence-corrected chi connectivity index (χ0v) is 14.1. The molecule has 0 aromatic rings. The van der Waals surface area contributed by atoms with Crippen LogP contribution in [0, 0.1) is 0 Å². The Morgan fingerprint density at radius 2 is 1.30 bits per heavy atom. The zero-order chi connectivity index (χ0) is 15.1. The summed E-state index contributed by atoms with van der Waals surface area (Å²) in [4.78, 5) is 4.10. The molecule has 1 heterocycles. The Morgan fingerprint density at radius 1 is 0.850 bits per heavy atom. The molecule has 2 heteroatoms. The topological polar surface area (TPSA) is 6.48 Å².